The van der Waals surface area contributed by atoms with E-state index in [-0.39, 0.29) is 5.41 Å². The van der Waals surface area contributed by atoms with Crippen LogP contribution in [-0.4, -0.2) is 12.3 Å². The van der Waals surface area contributed by atoms with E-state index >= 15 is 0 Å². The molecule has 0 nitrogen and oxygen atoms in total. The first-order valence-corrected chi connectivity index (χ1v) is 16.2. The van der Waals surface area contributed by atoms with Gasteiger partial charge in [0.1, 0.15) is 0 Å². The molecular formula is C35H49P. The zero-order valence-electron chi connectivity index (χ0n) is 22.8. The highest BCUT2D eigenvalue weighted by Crippen LogP contribution is 2.43. The van der Waals surface area contributed by atoms with Crippen LogP contribution in [0.1, 0.15) is 107 Å². The average Bonchev–Trinajstić information content (AvgIpc) is 2.94. The largest absolute Gasteiger partial charge is 0.122 e. The number of hydrogen-bond acceptors (Lipinski definition) is 0. The van der Waals surface area contributed by atoms with Crippen LogP contribution in [0.5, 0.6) is 0 Å². The van der Waals surface area contributed by atoms with Gasteiger partial charge in [-0.3, -0.25) is 0 Å². The van der Waals surface area contributed by atoms with Crippen LogP contribution in [0, 0.1) is 0 Å². The maximum Gasteiger partial charge on any atom is 0.0454 e. The van der Waals surface area contributed by atoms with E-state index in [1.807, 2.05) is 0 Å². The molecule has 3 aromatic rings. The third kappa shape index (κ3) is 9.19. The number of unbranched alkanes of at least 4 members (excludes halogenated alkanes) is 11. The monoisotopic (exact) mass is 500 g/mol. The van der Waals surface area contributed by atoms with Crippen molar-refractivity contribution >= 4 is 8.58 Å². The van der Waals surface area contributed by atoms with Gasteiger partial charge in [-0.2, -0.15) is 0 Å². The summed E-state index contributed by atoms with van der Waals surface area (Å²) in [7, 11) is 1.05. The maximum absolute atomic E-state index is 2.33. The first-order chi connectivity index (χ1) is 17.9. The Morgan fingerprint density at radius 2 is 0.806 bits per heavy atom. The predicted molar refractivity (Wildman–Crippen MR) is 163 cm³/mol. The van der Waals surface area contributed by atoms with Gasteiger partial charge in [-0.25, -0.2) is 0 Å². The molecule has 0 aliphatic heterocycles. The van der Waals surface area contributed by atoms with Crippen molar-refractivity contribution in [1.29, 1.82) is 0 Å². The lowest BCUT2D eigenvalue weighted by atomic mass is 9.68. The van der Waals surface area contributed by atoms with Gasteiger partial charge in [-0.05, 0) is 41.9 Å². The van der Waals surface area contributed by atoms with Crippen molar-refractivity contribution < 1.29 is 0 Å². The molecule has 0 fully saturated rings. The van der Waals surface area contributed by atoms with Crippen LogP contribution >= 0.6 is 8.58 Å². The van der Waals surface area contributed by atoms with Crippen LogP contribution in [0.25, 0.3) is 0 Å². The number of rotatable bonds is 19. The number of benzene rings is 3. The molecule has 0 heterocycles. The third-order valence-electron chi connectivity index (χ3n) is 7.68. The van der Waals surface area contributed by atoms with E-state index in [0.29, 0.717) is 0 Å². The fraction of sp³-hybridized carbons (Fsp3) is 0.486. The fourth-order valence-electron chi connectivity index (χ4n) is 5.59. The molecule has 0 aliphatic rings. The van der Waals surface area contributed by atoms with Crippen molar-refractivity contribution in [2.45, 2.75) is 95.8 Å². The lowest BCUT2D eigenvalue weighted by Gasteiger charge is -2.36. The van der Waals surface area contributed by atoms with Crippen molar-refractivity contribution in [3.63, 3.8) is 0 Å². The van der Waals surface area contributed by atoms with E-state index in [2.05, 4.69) is 97.9 Å². The zero-order chi connectivity index (χ0) is 25.2. The summed E-state index contributed by atoms with van der Waals surface area (Å²) in [6.45, 7) is 2.30. The van der Waals surface area contributed by atoms with E-state index in [1.54, 1.807) is 0 Å². The second kappa shape index (κ2) is 17.5. The Labute approximate surface area is 224 Å². The van der Waals surface area contributed by atoms with Gasteiger partial charge in [0.05, 0.1) is 0 Å². The first-order valence-electron chi connectivity index (χ1n) is 14.7. The summed E-state index contributed by atoms with van der Waals surface area (Å²) in [5.41, 5.74) is 4.17. The van der Waals surface area contributed by atoms with Crippen molar-refractivity contribution in [3.05, 3.63) is 108 Å². The van der Waals surface area contributed by atoms with Gasteiger partial charge >= 0.3 is 0 Å². The Hall–Kier alpha value is -1.91. The minimum absolute atomic E-state index is 0.0761. The molecule has 0 saturated heterocycles. The summed E-state index contributed by atoms with van der Waals surface area (Å²) in [6, 6.07) is 33.6. The molecule has 0 amide bonds. The molecular weight excluding hydrogens is 451 g/mol. The van der Waals surface area contributed by atoms with Crippen molar-refractivity contribution in [3.8, 4) is 0 Å². The lowest BCUT2D eigenvalue weighted by molar-refractivity contribution is 0.548. The Morgan fingerprint density at radius 1 is 0.444 bits per heavy atom. The van der Waals surface area contributed by atoms with Crippen LogP contribution in [0.3, 0.4) is 0 Å². The Balaban J connectivity index is 1.45. The molecule has 0 aliphatic carbocycles. The van der Waals surface area contributed by atoms with Crippen LogP contribution in [0.15, 0.2) is 91.0 Å². The minimum Gasteiger partial charge on any atom is -0.122 e. The first kappa shape index (κ1) is 28.7. The quantitative estimate of drug-likeness (QED) is 0.0872. The van der Waals surface area contributed by atoms with Gasteiger partial charge in [-0.15, -0.1) is 8.58 Å². The highest BCUT2D eigenvalue weighted by atomic mass is 31.1. The van der Waals surface area contributed by atoms with E-state index < -0.39 is 0 Å². The molecule has 1 heteroatoms. The summed E-state index contributed by atoms with van der Waals surface area (Å²) in [6.07, 6.45) is 21.0. The van der Waals surface area contributed by atoms with Crippen LogP contribution in [0.2, 0.25) is 0 Å². The highest BCUT2D eigenvalue weighted by molar-refractivity contribution is 7.37. The van der Waals surface area contributed by atoms with Gasteiger partial charge in [0.2, 0.25) is 0 Å². The van der Waals surface area contributed by atoms with E-state index in [4.69, 9.17) is 0 Å². The Bertz CT molecular complexity index is 806. The molecule has 0 N–H and O–H groups in total. The molecule has 0 bridgehead atoms. The van der Waals surface area contributed by atoms with Crippen LogP contribution in [-0.2, 0) is 5.41 Å². The van der Waals surface area contributed by atoms with Gasteiger partial charge in [-0.1, -0.05) is 169 Å². The van der Waals surface area contributed by atoms with E-state index in [9.17, 15) is 0 Å². The molecule has 0 spiro atoms. The molecule has 36 heavy (non-hydrogen) atoms. The molecule has 1 atom stereocenters. The molecule has 1 unspecified atom stereocenters. The molecule has 3 aromatic carbocycles. The summed E-state index contributed by atoms with van der Waals surface area (Å²) in [5, 5.41) is 0. The van der Waals surface area contributed by atoms with Crippen molar-refractivity contribution in [2.24, 2.45) is 0 Å². The average molecular weight is 501 g/mol. The minimum atomic E-state index is -0.0761. The molecule has 3 rings (SSSR count). The SMILES string of the molecule is CCCCCCCCCCCCCCPCCC(c1ccccc1)(c1ccccc1)c1ccccc1. The smallest absolute Gasteiger partial charge is 0.0454 e. The van der Waals surface area contributed by atoms with E-state index in [0.717, 1.165) is 8.58 Å². The van der Waals surface area contributed by atoms with Gasteiger partial charge in [0.15, 0.2) is 0 Å². The third-order valence-corrected chi connectivity index (χ3v) is 8.99. The van der Waals surface area contributed by atoms with Crippen molar-refractivity contribution in [1.82, 2.24) is 0 Å². The second-order valence-electron chi connectivity index (χ2n) is 10.4. The summed E-state index contributed by atoms with van der Waals surface area (Å²) in [4.78, 5) is 0. The number of hydrogen-bond donors (Lipinski definition) is 0. The lowest BCUT2D eigenvalue weighted by Crippen LogP contribution is -2.30. The van der Waals surface area contributed by atoms with Crippen LogP contribution in [0.4, 0.5) is 0 Å². The summed E-state index contributed by atoms with van der Waals surface area (Å²) >= 11 is 0. The topological polar surface area (TPSA) is 0 Å². The molecule has 0 radical (unpaired) electrons. The summed E-state index contributed by atoms with van der Waals surface area (Å²) in [5.74, 6) is 0. The van der Waals surface area contributed by atoms with Gasteiger partial charge in [0, 0.05) is 5.41 Å². The normalized spacial score (nSPS) is 11.9. The molecule has 194 valence electrons. The Kier molecular flexibility index (Phi) is 14.0. The van der Waals surface area contributed by atoms with Crippen LogP contribution < -0.4 is 0 Å². The zero-order valence-corrected chi connectivity index (χ0v) is 23.8. The molecule has 0 saturated carbocycles. The predicted octanol–water partition coefficient (Wildman–Crippen LogP) is 10.8. The second-order valence-corrected chi connectivity index (χ2v) is 11.9. The maximum atomic E-state index is 2.33. The standard InChI is InChI=1S/C35H49P/c1-2-3-4-5-6-7-8-9-10-11-12-22-30-36-31-29-35(32-23-16-13-17-24-32,33-25-18-14-19-26-33)34-27-20-15-21-28-34/h13-21,23-28,36H,2-12,22,29-31H2,1H3. The highest BCUT2D eigenvalue weighted by Gasteiger charge is 2.35. The van der Waals surface area contributed by atoms with Crippen molar-refractivity contribution in [2.75, 3.05) is 12.3 Å². The van der Waals surface area contributed by atoms with Gasteiger partial charge < -0.3 is 0 Å². The summed E-state index contributed by atoms with van der Waals surface area (Å²) < 4.78 is 0. The molecule has 0 aromatic heterocycles. The Morgan fingerprint density at radius 3 is 1.19 bits per heavy atom. The van der Waals surface area contributed by atoms with Gasteiger partial charge in [0.25, 0.3) is 0 Å². The van der Waals surface area contributed by atoms with E-state index in [1.165, 1.54) is 112 Å². The fourth-order valence-corrected chi connectivity index (χ4v) is 6.89.